The van der Waals surface area contributed by atoms with E-state index in [1.807, 2.05) is 6.08 Å². The second-order valence-electron chi connectivity index (χ2n) is 11.7. The van der Waals surface area contributed by atoms with Crippen molar-refractivity contribution >= 4 is 11.8 Å². The van der Waals surface area contributed by atoms with E-state index in [4.69, 9.17) is 4.74 Å². The normalized spacial score (nSPS) is 42.9. The molecule has 0 unspecified atom stereocenters. The largest absolute Gasteiger partial charge is 0.462 e. The monoisotopic (exact) mass is 427 g/mol. The molecule has 0 bridgehead atoms. The lowest BCUT2D eigenvalue weighted by Gasteiger charge is -2.57. The molecule has 4 aliphatic carbocycles. The lowest BCUT2D eigenvalue weighted by molar-refractivity contribution is -0.160. The van der Waals surface area contributed by atoms with Crippen molar-refractivity contribution < 1.29 is 14.3 Å². The van der Waals surface area contributed by atoms with Gasteiger partial charge in [0.15, 0.2) is 5.78 Å². The van der Waals surface area contributed by atoms with Crippen LogP contribution in [0, 0.1) is 28.6 Å². The van der Waals surface area contributed by atoms with Crippen molar-refractivity contribution in [1.29, 1.82) is 0 Å². The molecule has 4 fully saturated rings. The molecule has 0 aromatic heterocycles. The molecule has 5 rings (SSSR count). The molecule has 1 saturated heterocycles. The van der Waals surface area contributed by atoms with Crippen LogP contribution < -0.4 is 0 Å². The SMILES string of the molecule is C[C@@]12CC[C@H]3[C@H](CCC4=CC(=O)CC[C@]43C)[C@@H]1CC[C@@H]2OC(=O)CCN1CCCCC1. The zero-order valence-corrected chi connectivity index (χ0v) is 19.7. The van der Waals surface area contributed by atoms with Gasteiger partial charge in [0, 0.05) is 18.4 Å². The van der Waals surface area contributed by atoms with Gasteiger partial charge in [-0.2, -0.15) is 0 Å². The fourth-order valence-corrected chi connectivity index (χ4v) is 8.35. The van der Waals surface area contributed by atoms with Gasteiger partial charge >= 0.3 is 5.97 Å². The van der Waals surface area contributed by atoms with Gasteiger partial charge < -0.3 is 9.64 Å². The third-order valence-electron chi connectivity index (χ3n) is 10.2. The van der Waals surface area contributed by atoms with Crippen LogP contribution in [0.3, 0.4) is 0 Å². The van der Waals surface area contributed by atoms with E-state index in [-0.39, 0.29) is 22.9 Å². The first-order valence-corrected chi connectivity index (χ1v) is 13.1. The fraction of sp³-hybridized carbons (Fsp3) is 0.852. The number of likely N-dealkylation sites (tertiary alicyclic amines) is 1. The van der Waals surface area contributed by atoms with Crippen molar-refractivity contribution in [2.24, 2.45) is 28.6 Å². The minimum absolute atomic E-state index is 0.0196. The Bertz CT molecular complexity index is 754. The highest BCUT2D eigenvalue weighted by Crippen LogP contribution is 2.65. The number of hydrogen-bond acceptors (Lipinski definition) is 4. The summed E-state index contributed by atoms with van der Waals surface area (Å²) in [6.45, 7) is 8.00. The smallest absolute Gasteiger partial charge is 0.307 e. The lowest BCUT2D eigenvalue weighted by Crippen LogP contribution is -2.51. The molecule has 1 heterocycles. The minimum Gasteiger partial charge on any atom is -0.462 e. The molecule has 5 aliphatic rings. The van der Waals surface area contributed by atoms with Crippen LogP contribution in [0.2, 0.25) is 0 Å². The number of carbonyl (C=O) groups excluding carboxylic acids is 2. The van der Waals surface area contributed by atoms with Crippen molar-refractivity contribution in [3.05, 3.63) is 11.6 Å². The summed E-state index contributed by atoms with van der Waals surface area (Å²) in [4.78, 5) is 27.2. The highest BCUT2D eigenvalue weighted by Gasteiger charge is 2.59. The van der Waals surface area contributed by atoms with E-state index in [9.17, 15) is 9.59 Å². The Kier molecular flexibility index (Phi) is 5.82. The van der Waals surface area contributed by atoms with Gasteiger partial charge in [0.05, 0.1) is 6.42 Å². The van der Waals surface area contributed by atoms with Crippen LogP contribution in [0.15, 0.2) is 11.6 Å². The van der Waals surface area contributed by atoms with E-state index in [2.05, 4.69) is 18.7 Å². The fourth-order valence-electron chi connectivity index (χ4n) is 8.35. The second kappa shape index (κ2) is 8.32. The number of ether oxygens (including phenoxy) is 1. The predicted molar refractivity (Wildman–Crippen MR) is 121 cm³/mol. The summed E-state index contributed by atoms with van der Waals surface area (Å²) >= 11 is 0. The van der Waals surface area contributed by atoms with E-state index in [1.54, 1.807) is 0 Å². The van der Waals surface area contributed by atoms with Crippen molar-refractivity contribution in [3.8, 4) is 0 Å². The molecule has 0 aromatic carbocycles. The molecule has 0 aromatic rings. The summed E-state index contributed by atoms with van der Waals surface area (Å²) < 4.78 is 6.18. The van der Waals surface area contributed by atoms with E-state index in [0.717, 1.165) is 51.2 Å². The summed E-state index contributed by atoms with van der Waals surface area (Å²) in [5.74, 6) is 2.45. The Morgan fingerprint density at radius 2 is 1.84 bits per heavy atom. The summed E-state index contributed by atoms with van der Waals surface area (Å²) in [5, 5.41) is 0. The molecule has 1 aliphatic heterocycles. The average Bonchev–Trinajstić information content (AvgIpc) is 3.10. The predicted octanol–water partition coefficient (Wildman–Crippen LogP) is 5.31. The zero-order valence-electron chi connectivity index (χ0n) is 19.7. The van der Waals surface area contributed by atoms with E-state index in [0.29, 0.717) is 24.0 Å². The molecular formula is C27H41NO3. The maximum absolute atomic E-state index is 12.7. The third kappa shape index (κ3) is 3.81. The standard InChI is InChI=1S/C27H41NO3/c1-26-13-10-20(29)18-19(26)6-7-21-22-8-9-24(27(22,2)14-11-23(21)26)31-25(30)12-17-28-15-4-3-5-16-28/h18,21-24H,3-17H2,1-2H3/t21-,22+,23+,24+,26-,27-/m1/s1. The summed E-state index contributed by atoms with van der Waals surface area (Å²) in [6.07, 6.45) is 15.2. The quantitative estimate of drug-likeness (QED) is 0.571. The number of ketones is 1. The van der Waals surface area contributed by atoms with Crippen LogP contribution >= 0.6 is 0 Å². The highest BCUT2D eigenvalue weighted by molar-refractivity contribution is 5.91. The van der Waals surface area contributed by atoms with E-state index >= 15 is 0 Å². The van der Waals surface area contributed by atoms with Gasteiger partial charge in [0.2, 0.25) is 0 Å². The molecule has 4 nitrogen and oxygen atoms in total. The first-order chi connectivity index (χ1) is 14.9. The molecule has 0 amide bonds. The minimum atomic E-state index is 0.0196. The lowest BCUT2D eigenvalue weighted by atomic mass is 9.47. The number of allylic oxidation sites excluding steroid dienone is 1. The Labute approximate surface area is 188 Å². The van der Waals surface area contributed by atoms with Gasteiger partial charge in [-0.15, -0.1) is 0 Å². The first-order valence-electron chi connectivity index (χ1n) is 13.1. The van der Waals surface area contributed by atoms with Crippen molar-refractivity contribution in [2.75, 3.05) is 19.6 Å². The third-order valence-corrected chi connectivity index (χ3v) is 10.2. The van der Waals surface area contributed by atoms with E-state index < -0.39 is 0 Å². The zero-order chi connectivity index (χ0) is 21.6. The Hall–Kier alpha value is -1.16. The van der Waals surface area contributed by atoms with Gasteiger partial charge in [0.1, 0.15) is 6.10 Å². The van der Waals surface area contributed by atoms with Crippen LogP contribution in [0.5, 0.6) is 0 Å². The van der Waals surface area contributed by atoms with Gasteiger partial charge in [-0.3, -0.25) is 9.59 Å². The second-order valence-corrected chi connectivity index (χ2v) is 11.7. The first kappa shape index (κ1) is 21.7. The van der Waals surface area contributed by atoms with Crippen molar-refractivity contribution in [2.45, 2.75) is 97.0 Å². The van der Waals surface area contributed by atoms with Crippen molar-refractivity contribution in [3.63, 3.8) is 0 Å². The molecule has 0 spiro atoms. The summed E-state index contributed by atoms with van der Waals surface area (Å²) in [7, 11) is 0. The van der Waals surface area contributed by atoms with Crippen LogP contribution in [-0.2, 0) is 14.3 Å². The maximum atomic E-state index is 12.7. The molecule has 4 heteroatoms. The molecule has 0 N–H and O–H groups in total. The summed E-state index contributed by atoms with van der Waals surface area (Å²) in [5.41, 5.74) is 1.80. The molecule has 3 saturated carbocycles. The summed E-state index contributed by atoms with van der Waals surface area (Å²) in [6, 6.07) is 0. The molecule has 31 heavy (non-hydrogen) atoms. The number of fused-ring (bicyclic) bond motifs is 5. The Morgan fingerprint density at radius 1 is 1.03 bits per heavy atom. The van der Waals surface area contributed by atoms with Gasteiger partial charge in [-0.1, -0.05) is 25.8 Å². The van der Waals surface area contributed by atoms with E-state index in [1.165, 1.54) is 50.5 Å². The molecular weight excluding hydrogens is 386 g/mol. The van der Waals surface area contributed by atoms with Gasteiger partial charge in [-0.25, -0.2) is 0 Å². The number of carbonyl (C=O) groups is 2. The number of nitrogens with zero attached hydrogens (tertiary/aromatic N) is 1. The van der Waals surface area contributed by atoms with Gasteiger partial charge in [-0.05, 0) is 100 Å². The topological polar surface area (TPSA) is 46.6 Å². The number of hydrogen-bond donors (Lipinski definition) is 0. The average molecular weight is 428 g/mol. The van der Waals surface area contributed by atoms with Crippen LogP contribution in [0.1, 0.15) is 90.9 Å². The van der Waals surface area contributed by atoms with Crippen LogP contribution in [0.4, 0.5) is 0 Å². The maximum Gasteiger partial charge on any atom is 0.307 e. The number of piperidine rings is 1. The number of esters is 1. The number of rotatable bonds is 4. The molecule has 172 valence electrons. The van der Waals surface area contributed by atoms with Crippen LogP contribution in [-0.4, -0.2) is 42.4 Å². The van der Waals surface area contributed by atoms with Gasteiger partial charge in [0.25, 0.3) is 0 Å². The Balaban J connectivity index is 1.23. The molecule has 0 radical (unpaired) electrons. The van der Waals surface area contributed by atoms with Crippen LogP contribution in [0.25, 0.3) is 0 Å². The Morgan fingerprint density at radius 3 is 2.65 bits per heavy atom. The highest BCUT2D eigenvalue weighted by atomic mass is 16.5. The van der Waals surface area contributed by atoms with Crippen molar-refractivity contribution in [1.82, 2.24) is 4.90 Å². The molecule has 6 atom stereocenters.